The molecule has 5 aromatic rings. The number of hydrogen-bond donors (Lipinski definition) is 0. The molecule has 0 radical (unpaired) electrons. The molecule has 1 aromatic heterocycles. The molecule has 4 aromatic carbocycles. The summed E-state index contributed by atoms with van der Waals surface area (Å²) in [7, 11) is 0. The minimum absolute atomic E-state index is 0.151. The molecule has 2 amide bonds. The highest BCUT2D eigenvalue weighted by Gasteiger charge is 2.28. The Morgan fingerprint density at radius 1 is 0.730 bits per heavy atom. The summed E-state index contributed by atoms with van der Waals surface area (Å²) in [5.41, 5.74) is 6.82. The Kier molecular flexibility index (Phi) is 6.43. The lowest BCUT2D eigenvalue weighted by Crippen LogP contribution is -2.33. The lowest BCUT2D eigenvalue weighted by Gasteiger charge is -2.27. The van der Waals surface area contributed by atoms with Gasteiger partial charge in [-0.25, -0.2) is 4.90 Å². The molecule has 0 saturated heterocycles. The number of aromatic nitrogens is 1. The fourth-order valence-electron chi connectivity index (χ4n) is 5.41. The Hall–Kier alpha value is -4.18. The molecule has 0 spiro atoms. The van der Waals surface area contributed by atoms with Crippen LogP contribution in [0.3, 0.4) is 0 Å². The van der Waals surface area contributed by atoms with E-state index in [-0.39, 0.29) is 17.7 Å². The Balaban J connectivity index is 1.79. The third kappa shape index (κ3) is 4.03. The van der Waals surface area contributed by atoms with Crippen LogP contribution in [0.1, 0.15) is 66.6 Å². The highest BCUT2D eigenvalue weighted by Crippen LogP contribution is 2.38. The van der Waals surface area contributed by atoms with Crippen molar-refractivity contribution in [1.82, 2.24) is 4.57 Å². The number of amides is 2. The van der Waals surface area contributed by atoms with Crippen LogP contribution in [0.5, 0.6) is 0 Å². The Bertz CT molecular complexity index is 1560. The van der Waals surface area contributed by atoms with Crippen LogP contribution in [0.25, 0.3) is 27.5 Å². The van der Waals surface area contributed by atoms with Crippen LogP contribution in [-0.4, -0.2) is 16.9 Å². The first-order chi connectivity index (χ1) is 17.8. The zero-order chi connectivity index (χ0) is 26.3. The first-order valence-electron chi connectivity index (χ1n) is 12.8. The van der Waals surface area contributed by atoms with Crippen molar-refractivity contribution < 1.29 is 9.59 Å². The molecule has 0 aliphatic heterocycles. The first kappa shape index (κ1) is 24.5. The number of aryl methyl sites for hydroxylation is 1. The van der Waals surface area contributed by atoms with Gasteiger partial charge in [0.15, 0.2) is 0 Å². The van der Waals surface area contributed by atoms with E-state index < -0.39 is 0 Å². The number of carbonyl (C=O) groups is 2. The van der Waals surface area contributed by atoms with Crippen molar-refractivity contribution in [2.45, 2.75) is 46.5 Å². The van der Waals surface area contributed by atoms with E-state index in [1.165, 1.54) is 4.90 Å². The molecule has 4 nitrogen and oxygen atoms in total. The molecule has 0 aliphatic carbocycles. The SMILES string of the molecule is Cc1cccc(-n2c3ccccc3c3ccccc32)c1C(=O)N(C=O)c1c(C(C)C)cccc1C(C)C. The Morgan fingerprint density at radius 3 is 1.76 bits per heavy atom. The third-order valence-electron chi connectivity index (χ3n) is 7.19. The van der Waals surface area contributed by atoms with Gasteiger partial charge in [-0.2, -0.15) is 0 Å². The summed E-state index contributed by atoms with van der Waals surface area (Å²) >= 11 is 0. The van der Waals surface area contributed by atoms with Gasteiger partial charge in [0.2, 0.25) is 6.41 Å². The van der Waals surface area contributed by atoms with Crippen molar-refractivity contribution in [3.05, 3.63) is 107 Å². The summed E-state index contributed by atoms with van der Waals surface area (Å²) in [6, 6.07) is 28.4. The molecule has 0 fully saturated rings. The molecule has 0 atom stereocenters. The van der Waals surface area contributed by atoms with E-state index in [1.807, 2.05) is 67.6 Å². The zero-order valence-electron chi connectivity index (χ0n) is 22.0. The van der Waals surface area contributed by atoms with E-state index in [4.69, 9.17) is 0 Å². The Labute approximate surface area is 218 Å². The maximum Gasteiger partial charge on any atom is 0.267 e. The summed E-state index contributed by atoms with van der Waals surface area (Å²) in [6.07, 6.45) is 0.678. The van der Waals surface area contributed by atoms with Gasteiger partial charge in [-0.05, 0) is 53.6 Å². The molecular weight excluding hydrogens is 456 g/mol. The normalized spacial score (nSPS) is 11.5. The molecule has 37 heavy (non-hydrogen) atoms. The van der Waals surface area contributed by atoms with Crippen molar-refractivity contribution in [3.63, 3.8) is 0 Å². The van der Waals surface area contributed by atoms with Crippen molar-refractivity contribution >= 4 is 39.8 Å². The monoisotopic (exact) mass is 488 g/mol. The maximum absolute atomic E-state index is 14.4. The number of imide groups is 1. The quantitative estimate of drug-likeness (QED) is 0.226. The average molecular weight is 489 g/mol. The van der Waals surface area contributed by atoms with E-state index in [0.717, 1.165) is 44.2 Å². The van der Waals surface area contributed by atoms with Crippen molar-refractivity contribution in [2.24, 2.45) is 0 Å². The summed E-state index contributed by atoms with van der Waals surface area (Å²) in [6.45, 7) is 10.3. The summed E-state index contributed by atoms with van der Waals surface area (Å²) in [4.78, 5) is 28.4. The van der Waals surface area contributed by atoms with Gasteiger partial charge in [0.05, 0.1) is 28.0 Å². The number of nitrogens with zero attached hydrogens (tertiary/aromatic N) is 2. The number of carbonyl (C=O) groups excluding carboxylic acids is 2. The summed E-state index contributed by atoms with van der Waals surface area (Å²) < 4.78 is 2.14. The fourth-order valence-corrected chi connectivity index (χ4v) is 5.41. The lowest BCUT2D eigenvalue weighted by atomic mass is 9.91. The maximum atomic E-state index is 14.4. The van der Waals surface area contributed by atoms with E-state index in [0.29, 0.717) is 17.7 Å². The molecule has 4 heteroatoms. The van der Waals surface area contributed by atoms with Gasteiger partial charge >= 0.3 is 0 Å². The summed E-state index contributed by atoms with van der Waals surface area (Å²) in [5.74, 6) is -0.0183. The van der Waals surface area contributed by atoms with Crippen LogP contribution in [0, 0.1) is 6.92 Å². The number of para-hydroxylation sites is 3. The van der Waals surface area contributed by atoms with Crippen LogP contribution in [0.2, 0.25) is 0 Å². The topological polar surface area (TPSA) is 42.3 Å². The predicted octanol–water partition coefficient (Wildman–Crippen LogP) is 8.14. The van der Waals surface area contributed by atoms with Crippen molar-refractivity contribution in [2.75, 3.05) is 4.90 Å². The average Bonchev–Trinajstić information content (AvgIpc) is 3.23. The molecule has 1 heterocycles. The van der Waals surface area contributed by atoms with E-state index in [9.17, 15) is 9.59 Å². The van der Waals surface area contributed by atoms with E-state index >= 15 is 0 Å². The van der Waals surface area contributed by atoms with Crippen LogP contribution in [0.4, 0.5) is 5.69 Å². The second-order valence-corrected chi connectivity index (χ2v) is 10.2. The number of fused-ring (bicyclic) bond motifs is 3. The molecule has 186 valence electrons. The van der Waals surface area contributed by atoms with Gasteiger partial charge < -0.3 is 4.57 Å². The van der Waals surface area contributed by atoms with Crippen LogP contribution < -0.4 is 4.90 Å². The number of hydrogen-bond acceptors (Lipinski definition) is 2. The van der Waals surface area contributed by atoms with Crippen LogP contribution in [-0.2, 0) is 4.79 Å². The van der Waals surface area contributed by atoms with Crippen molar-refractivity contribution in [1.29, 1.82) is 0 Å². The van der Waals surface area contributed by atoms with Crippen molar-refractivity contribution in [3.8, 4) is 5.69 Å². The molecule has 0 N–H and O–H groups in total. The molecular formula is C33H32N2O2. The van der Waals surface area contributed by atoms with E-state index in [2.05, 4.69) is 56.5 Å². The molecule has 5 rings (SSSR count). The zero-order valence-corrected chi connectivity index (χ0v) is 22.0. The highest BCUT2D eigenvalue weighted by molar-refractivity contribution is 6.19. The molecule has 0 aliphatic rings. The predicted molar refractivity (Wildman–Crippen MR) is 153 cm³/mol. The van der Waals surface area contributed by atoms with Crippen LogP contribution in [0.15, 0.2) is 84.9 Å². The van der Waals surface area contributed by atoms with Gasteiger partial charge in [0.25, 0.3) is 5.91 Å². The van der Waals surface area contributed by atoms with Gasteiger partial charge in [0, 0.05) is 10.8 Å². The van der Waals surface area contributed by atoms with Gasteiger partial charge in [-0.3, -0.25) is 9.59 Å². The standard InChI is InChI=1S/C33H32N2O2/c1-21(2)24-15-11-16-25(22(3)4)32(24)34(20-36)33(37)31-23(5)12-10-19-30(31)35-28-17-8-6-13-26(28)27-14-7-9-18-29(27)35/h6-22H,1-5H3. The smallest absolute Gasteiger partial charge is 0.267 e. The highest BCUT2D eigenvalue weighted by atomic mass is 16.2. The molecule has 0 unspecified atom stereocenters. The number of rotatable bonds is 6. The second kappa shape index (κ2) is 9.70. The second-order valence-electron chi connectivity index (χ2n) is 10.2. The lowest BCUT2D eigenvalue weighted by molar-refractivity contribution is -0.106. The third-order valence-corrected chi connectivity index (χ3v) is 7.19. The van der Waals surface area contributed by atoms with Crippen LogP contribution >= 0.6 is 0 Å². The summed E-state index contributed by atoms with van der Waals surface area (Å²) in [5, 5.41) is 2.25. The van der Waals surface area contributed by atoms with Gasteiger partial charge in [0.1, 0.15) is 0 Å². The number of anilines is 1. The minimum Gasteiger partial charge on any atom is -0.308 e. The molecule has 0 saturated carbocycles. The van der Waals surface area contributed by atoms with Gasteiger partial charge in [-0.1, -0.05) is 94.4 Å². The molecule has 0 bridgehead atoms. The number of benzene rings is 4. The largest absolute Gasteiger partial charge is 0.308 e. The van der Waals surface area contributed by atoms with E-state index in [1.54, 1.807) is 0 Å². The van der Waals surface area contributed by atoms with Gasteiger partial charge in [-0.15, -0.1) is 0 Å². The Morgan fingerprint density at radius 2 is 1.24 bits per heavy atom. The first-order valence-corrected chi connectivity index (χ1v) is 12.8. The fraction of sp³-hybridized carbons (Fsp3) is 0.212. The minimum atomic E-state index is -0.319.